The number of benzene rings is 3. The minimum atomic E-state index is -1.58. The van der Waals surface area contributed by atoms with E-state index in [-0.39, 0.29) is 5.41 Å². The molecule has 2 aromatic heterocycles. The topological polar surface area (TPSA) is 26.0 Å². The standard InChI is InChI=1S/C28H27NOSi/c1-16-10-11-17-15-29-26-18-8-7-9-21-23(18)24-20(28(2,3)25(26)19(17)14-16)12-13-22(27(24)30-21)31(4,5)6/h7-15H,1-6H3. The summed E-state index contributed by atoms with van der Waals surface area (Å²) >= 11 is 0. The Hall–Kier alpha value is -2.91. The fourth-order valence-corrected chi connectivity index (χ4v) is 6.97. The van der Waals surface area contributed by atoms with Gasteiger partial charge in [0.05, 0.1) is 13.8 Å². The summed E-state index contributed by atoms with van der Waals surface area (Å²) in [6, 6.07) is 17.8. The Kier molecular flexibility index (Phi) is 3.56. The van der Waals surface area contributed by atoms with Crippen LogP contribution in [0.15, 0.2) is 59.1 Å². The highest BCUT2D eigenvalue weighted by Gasteiger charge is 2.37. The van der Waals surface area contributed by atoms with E-state index in [0.717, 1.165) is 16.9 Å². The molecule has 0 N–H and O–H groups in total. The number of pyridine rings is 1. The molecule has 0 bridgehead atoms. The zero-order valence-corrected chi connectivity index (χ0v) is 20.1. The molecule has 2 heterocycles. The van der Waals surface area contributed by atoms with Crippen molar-refractivity contribution in [3.8, 4) is 11.3 Å². The molecule has 154 valence electrons. The van der Waals surface area contributed by atoms with Gasteiger partial charge in [-0.2, -0.15) is 0 Å². The number of furan rings is 1. The van der Waals surface area contributed by atoms with Crippen LogP contribution in [0.4, 0.5) is 0 Å². The average molecular weight is 422 g/mol. The predicted octanol–water partition coefficient (Wildman–Crippen LogP) is 7.29. The average Bonchev–Trinajstić information content (AvgIpc) is 3.06. The van der Waals surface area contributed by atoms with Gasteiger partial charge in [0.1, 0.15) is 11.2 Å². The maximum absolute atomic E-state index is 6.59. The van der Waals surface area contributed by atoms with Crippen molar-refractivity contribution in [2.75, 3.05) is 0 Å². The van der Waals surface area contributed by atoms with Crippen LogP contribution in [-0.2, 0) is 5.41 Å². The summed E-state index contributed by atoms with van der Waals surface area (Å²) in [5.41, 5.74) is 8.05. The highest BCUT2D eigenvalue weighted by Crippen LogP contribution is 2.50. The van der Waals surface area contributed by atoms with E-state index in [4.69, 9.17) is 9.40 Å². The molecule has 0 atom stereocenters. The summed E-state index contributed by atoms with van der Waals surface area (Å²) in [5.74, 6) is 0. The van der Waals surface area contributed by atoms with Crippen LogP contribution >= 0.6 is 0 Å². The third kappa shape index (κ3) is 2.41. The van der Waals surface area contributed by atoms with Crippen molar-refractivity contribution in [3.05, 3.63) is 71.4 Å². The fourth-order valence-electron chi connectivity index (χ4n) is 5.53. The first-order valence-corrected chi connectivity index (χ1v) is 14.6. The van der Waals surface area contributed by atoms with E-state index >= 15 is 0 Å². The van der Waals surface area contributed by atoms with E-state index in [1.807, 2.05) is 6.20 Å². The van der Waals surface area contributed by atoms with Gasteiger partial charge in [-0.15, -0.1) is 0 Å². The minimum Gasteiger partial charge on any atom is -0.456 e. The zero-order chi connectivity index (χ0) is 21.7. The third-order valence-corrected chi connectivity index (χ3v) is 9.06. The highest BCUT2D eigenvalue weighted by molar-refractivity contribution is 6.90. The molecule has 0 unspecified atom stereocenters. The Morgan fingerprint density at radius 1 is 0.935 bits per heavy atom. The molecule has 31 heavy (non-hydrogen) atoms. The number of aryl methyl sites for hydroxylation is 1. The lowest BCUT2D eigenvalue weighted by molar-refractivity contribution is 0.647. The van der Waals surface area contributed by atoms with Crippen molar-refractivity contribution in [2.45, 2.75) is 45.8 Å². The molecule has 1 aliphatic carbocycles. The monoisotopic (exact) mass is 421 g/mol. The molecule has 1 aliphatic rings. The van der Waals surface area contributed by atoms with Gasteiger partial charge < -0.3 is 4.42 Å². The molecule has 5 aromatic rings. The van der Waals surface area contributed by atoms with Crippen LogP contribution in [-0.4, -0.2) is 13.1 Å². The molecule has 0 fully saturated rings. The lowest BCUT2D eigenvalue weighted by Crippen LogP contribution is -2.38. The summed E-state index contributed by atoms with van der Waals surface area (Å²) in [6.45, 7) is 14.1. The van der Waals surface area contributed by atoms with Crippen molar-refractivity contribution in [1.29, 1.82) is 0 Å². The molecule has 6 rings (SSSR count). The number of fused-ring (bicyclic) bond motifs is 4. The Bertz CT molecular complexity index is 1550. The first-order chi connectivity index (χ1) is 14.7. The molecule has 3 heteroatoms. The van der Waals surface area contributed by atoms with Gasteiger partial charge in [-0.25, -0.2) is 0 Å². The Labute approximate surface area is 183 Å². The van der Waals surface area contributed by atoms with E-state index in [1.165, 1.54) is 49.0 Å². The third-order valence-electron chi connectivity index (χ3n) is 7.06. The van der Waals surface area contributed by atoms with E-state index in [2.05, 4.69) is 88.9 Å². The summed E-state index contributed by atoms with van der Waals surface area (Å²) in [5, 5.41) is 6.40. The number of aromatic nitrogens is 1. The van der Waals surface area contributed by atoms with E-state index < -0.39 is 8.07 Å². The normalized spacial score (nSPS) is 15.0. The second-order valence-electron chi connectivity index (χ2n) is 10.6. The molecule has 0 amide bonds. The van der Waals surface area contributed by atoms with E-state index in [1.54, 1.807) is 0 Å². The first kappa shape index (κ1) is 18.8. The maximum atomic E-state index is 6.59. The molecule has 0 saturated carbocycles. The molecule has 2 nitrogen and oxygen atoms in total. The van der Waals surface area contributed by atoms with Gasteiger partial charge in [-0.3, -0.25) is 4.98 Å². The highest BCUT2D eigenvalue weighted by atomic mass is 28.3. The summed E-state index contributed by atoms with van der Waals surface area (Å²) in [4.78, 5) is 5.05. The summed E-state index contributed by atoms with van der Waals surface area (Å²) in [6.07, 6.45) is 2.03. The van der Waals surface area contributed by atoms with Gasteiger partial charge in [-0.1, -0.05) is 81.5 Å². The van der Waals surface area contributed by atoms with Crippen LogP contribution in [0.2, 0.25) is 19.6 Å². The predicted molar refractivity (Wildman–Crippen MR) is 134 cm³/mol. The SMILES string of the molecule is Cc1ccc2cnc3c(c2c1)C(C)(C)c1ccc([Si](C)(C)C)c2oc4cccc-3c4c12. The maximum Gasteiger partial charge on any atom is 0.136 e. The van der Waals surface area contributed by atoms with Crippen molar-refractivity contribution in [1.82, 2.24) is 4.98 Å². The van der Waals surface area contributed by atoms with E-state index in [9.17, 15) is 0 Å². The molecule has 0 aliphatic heterocycles. The quantitative estimate of drug-likeness (QED) is 0.266. The van der Waals surface area contributed by atoms with Crippen molar-refractivity contribution in [3.63, 3.8) is 0 Å². The minimum absolute atomic E-state index is 0.207. The van der Waals surface area contributed by atoms with Gasteiger partial charge in [0.15, 0.2) is 0 Å². The zero-order valence-electron chi connectivity index (χ0n) is 19.1. The van der Waals surface area contributed by atoms with Crippen molar-refractivity contribution in [2.24, 2.45) is 0 Å². The number of nitrogens with zero attached hydrogens (tertiary/aromatic N) is 1. The molecule has 0 spiro atoms. The Morgan fingerprint density at radius 3 is 2.52 bits per heavy atom. The van der Waals surface area contributed by atoms with Gasteiger partial charge in [0.2, 0.25) is 0 Å². The van der Waals surface area contributed by atoms with Crippen LogP contribution in [0.25, 0.3) is 44.0 Å². The molecule has 0 radical (unpaired) electrons. The van der Waals surface area contributed by atoms with Crippen molar-refractivity contribution >= 4 is 46.0 Å². The lowest BCUT2D eigenvalue weighted by atomic mass is 9.75. The smallest absolute Gasteiger partial charge is 0.136 e. The Balaban J connectivity index is 1.89. The van der Waals surface area contributed by atoms with Crippen LogP contribution < -0.4 is 5.19 Å². The van der Waals surface area contributed by atoms with Gasteiger partial charge in [0.25, 0.3) is 0 Å². The number of rotatable bonds is 1. The first-order valence-electron chi connectivity index (χ1n) is 11.1. The van der Waals surface area contributed by atoms with Crippen LogP contribution in [0.1, 0.15) is 30.5 Å². The van der Waals surface area contributed by atoms with Crippen LogP contribution in [0, 0.1) is 6.92 Å². The molecular weight excluding hydrogens is 394 g/mol. The fraction of sp³-hybridized carbons (Fsp3) is 0.250. The van der Waals surface area contributed by atoms with Crippen molar-refractivity contribution < 1.29 is 4.42 Å². The van der Waals surface area contributed by atoms with Crippen LogP contribution in [0.5, 0.6) is 0 Å². The summed E-state index contributed by atoms with van der Waals surface area (Å²) in [7, 11) is -1.58. The van der Waals surface area contributed by atoms with Gasteiger partial charge >= 0.3 is 0 Å². The van der Waals surface area contributed by atoms with Crippen LogP contribution in [0.3, 0.4) is 0 Å². The Morgan fingerprint density at radius 2 is 1.74 bits per heavy atom. The van der Waals surface area contributed by atoms with E-state index in [0.29, 0.717) is 0 Å². The summed E-state index contributed by atoms with van der Waals surface area (Å²) < 4.78 is 6.59. The molecular formula is C28H27NOSi. The lowest BCUT2D eigenvalue weighted by Gasteiger charge is -2.30. The van der Waals surface area contributed by atoms with Gasteiger partial charge in [-0.05, 0) is 34.7 Å². The largest absolute Gasteiger partial charge is 0.456 e. The second-order valence-corrected chi connectivity index (χ2v) is 15.6. The number of hydrogen-bond donors (Lipinski definition) is 0. The molecule has 0 saturated heterocycles. The number of hydrogen-bond acceptors (Lipinski definition) is 2. The molecule has 3 aromatic carbocycles. The second kappa shape index (κ2) is 5.86. The van der Waals surface area contributed by atoms with Gasteiger partial charge in [0, 0.05) is 33.3 Å².